The minimum atomic E-state index is -0.615. The maximum absolute atomic E-state index is 13.1. The minimum Gasteiger partial charge on any atom is -0.292 e. The second kappa shape index (κ2) is 11.2. The molecule has 0 atom stereocenters. The number of hydrogen-bond donors (Lipinski definition) is 0. The van der Waals surface area contributed by atoms with E-state index in [1.807, 2.05) is 55.4 Å². The Kier molecular flexibility index (Phi) is 9.09. The molecule has 0 aliphatic heterocycles. The van der Waals surface area contributed by atoms with E-state index in [0.29, 0.717) is 22.3 Å². The normalized spacial score (nSPS) is 12.3. The van der Waals surface area contributed by atoms with E-state index in [1.54, 1.807) is 48.5 Å². The Morgan fingerprint density at radius 1 is 0.529 bits per heavy atom. The van der Waals surface area contributed by atoms with Crippen LogP contribution in [0.5, 0.6) is 0 Å². The number of likely N-dealkylation sites (N-methyl/N-ethyl adjacent to an activating group) is 2. The number of benzene rings is 2. The molecule has 0 aliphatic rings. The molecule has 0 radical (unpaired) electrons. The maximum Gasteiger partial charge on any atom is 0.193 e. The van der Waals surface area contributed by atoms with Crippen LogP contribution in [0.2, 0.25) is 0 Å². The van der Waals surface area contributed by atoms with E-state index in [1.165, 1.54) is 0 Å². The number of rotatable bonds is 12. The third-order valence-corrected chi connectivity index (χ3v) is 7.04. The van der Waals surface area contributed by atoms with Crippen molar-refractivity contribution in [2.24, 2.45) is 0 Å². The monoisotopic (exact) mass is 464 g/mol. The quantitative estimate of drug-likeness (QED) is 0.387. The standard InChI is InChI=1S/C29H40N2O3/c1-9-30(10-2)28(5,6)26(33)23-17-13-21(14-18-23)25(32)22-15-19-24(20-16-22)27(34)29(7,8)31(11-3)12-4/h13-20H,9-12H2,1-8H3. The summed E-state index contributed by atoms with van der Waals surface area (Å²) < 4.78 is 0. The Hall–Kier alpha value is -2.63. The Balaban J connectivity index is 2.21. The molecule has 34 heavy (non-hydrogen) atoms. The number of nitrogens with zero attached hydrogens (tertiary/aromatic N) is 2. The fraction of sp³-hybridized carbons (Fsp3) is 0.483. The van der Waals surface area contributed by atoms with Crippen molar-refractivity contribution < 1.29 is 14.4 Å². The van der Waals surface area contributed by atoms with E-state index >= 15 is 0 Å². The molecule has 0 unspecified atom stereocenters. The third-order valence-electron chi connectivity index (χ3n) is 7.04. The number of Topliss-reactive ketones (excluding diaryl/α,β-unsaturated/α-hetero) is 2. The molecule has 0 bridgehead atoms. The molecule has 0 fully saturated rings. The molecule has 0 aliphatic carbocycles. The Morgan fingerprint density at radius 3 is 1.00 bits per heavy atom. The highest BCUT2D eigenvalue weighted by molar-refractivity contribution is 6.11. The highest BCUT2D eigenvalue weighted by atomic mass is 16.1. The number of carbonyl (C=O) groups is 3. The van der Waals surface area contributed by atoms with Crippen LogP contribution >= 0.6 is 0 Å². The molecule has 0 spiro atoms. The van der Waals surface area contributed by atoms with Gasteiger partial charge in [0.25, 0.3) is 0 Å². The van der Waals surface area contributed by atoms with Gasteiger partial charge in [-0.2, -0.15) is 0 Å². The largest absolute Gasteiger partial charge is 0.292 e. The maximum atomic E-state index is 13.1. The van der Waals surface area contributed by atoms with Gasteiger partial charge >= 0.3 is 0 Å². The van der Waals surface area contributed by atoms with Crippen LogP contribution in [0.15, 0.2) is 48.5 Å². The molecule has 5 nitrogen and oxygen atoms in total. The molecule has 0 N–H and O–H groups in total. The summed E-state index contributed by atoms with van der Waals surface area (Å²) in [6.07, 6.45) is 0. The second-order valence-corrected chi connectivity index (χ2v) is 9.60. The van der Waals surface area contributed by atoms with E-state index in [-0.39, 0.29) is 17.3 Å². The van der Waals surface area contributed by atoms with E-state index in [4.69, 9.17) is 0 Å². The average Bonchev–Trinajstić information content (AvgIpc) is 2.84. The average molecular weight is 465 g/mol. The van der Waals surface area contributed by atoms with Crippen molar-refractivity contribution in [3.8, 4) is 0 Å². The Labute approximate surface area is 205 Å². The van der Waals surface area contributed by atoms with Gasteiger partial charge in [-0.15, -0.1) is 0 Å². The van der Waals surface area contributed by atoms with E-state index in [9.17, 15) is 14.4 Å². The van der Waals surface area contributed by atoms with Crippen molar-refractivity contribution >= 4 is 17.3 Å². The number of hydrogen-bond acceptors (Lipinski definition) is 5. The smallest absolute Gasteiger partial charge is 0.193 e. The number of ketones is 3. The summed E-state index contributed by atoms with van der Waals surface area (Å²) in [5, 5.41) is 0. The summed E-state index contributed by atoms with van der Waals surface area (Å²) in [5.41, 5.74) is 0.979. The molecule has 2 rings (SSSR count). The van der Waals surface area contributed by atoms with E-state index < -0.39 is 11.1 Å². The van der Waals surface area contributed by atoms with Gasteiger partial charge in [-0.3, -0.25) is 24.2 Å². The van der Waals surface area contributed by atoms with Crippen molar-refractivity contribution in [1.29, 1.82) is 0 Å². The van der Waals surface area contributed by atoms with Gasteiger partial charge in [0.05, 0.1) is 11.1 Å². The van der Waals surface area contributed by atoms with Crippen molar-refractivity contribution in [2.45, 2.75) is 66.5 Å². The zero-order chi connectivity index (χ0) is 25.7. The second-order valence-electron chi connectivity index (χ2n) is 9.60. The van der Waals surface area contributed by atoms with Gasteiger partial charge < -0.3 is 0 Å². The topological polar surface area (TPSA) is 57.7 Å². The molecule has 2 aromatic carbocycles. The van der Waals surface area contributed by atoms with Crippen LogP contribution < -0.4 is 0 Å². The first-order chi connectivity index (χ1) is 15.9. The van der Waals surface area contributed by atoms with E-state index in [2.05, 4.69) is 9.80 Å². The molecular formula is C29H40N2O3. The summed E-state index contributed by atoms with van der Waals surface area (Å²) in [4.78, 5) is 43.4. The first kappa shape index (κ1) is 27.6. The van der Waals surface area contributed by atoms with Crippen LogP contribution in [-0.2, 0) is 0 Å². The molecular weight excluding hydrogens is 424 g/mol. The highest BCUT2D eigenvalue weighted by Gasteiger charge is 2.34. The fourth-order valence-corrected chi connectivity index (χ4v) is 4.73. The summed E-state index contributed by atoms with van der Waals surface area (Å²) in [6, 6.07) is 13.7. The zero-order valence-electron chi connectivity index (χ0n) is 22.1. The van der Waals surface area contributed by atoms with Crippen molar-refractivity contribution in [3.63, 3.8) is 0 Å². The number of carbonyl (C=O) groups excluding carboxylic acids is 3. The van der Waals surface area contributed by atoms with Gasteiger partial charge in [-0.25, -0.2) is 0 Å². The van der Waals surface area contributed by atoms with Gasteiger partial charge in [0.15, 0.2) is 17.3 Å². The Bertz CT molecular complexity index is 915. The SMILES string of the molecule is CCN(CC)C(C)(C)C(=O)c1ccc(C(=O)c2ccc(C(=O)C(C)(C)N(CC)CC)cc2)cc1. The fourth-order valence-electron chi connectivity index (χ4n) is 4.73. The summed E-state index contributed by atoms with van der Waals surface area (Å²) in [5.74, 6) is -0.0632. The van der Waals surface area contributed by atoms with Crippen LogP contribution in [0, 0.1) is 0 Å². The molecule has 0 saturated heterocycles. The van der Waals surface area contributed by atoms with Crippen LogP contribution in [0.1, 0.15) is 92.0 Å². The Morgan fingerprint density at radius 2 is 0.765 bits per heavy atom. The zero-order valence-corrected chi connectivity index (χ0v) is 22.1. The van der Waals surface area contributed by atoms with E-state index in [0.717, 1.165) is 26.2 Å². The third kappa shape index (κ3) is 5.53. The first-order valence-electron chi connectivity index (χ1n) is 12.3. The molecule has 5 heteroatoms. The van der Waals surface area contributed by atoms with Gasteiger partial charge in [0.1, 0.15) is 0 Å². The van der Waals surface area contributed by atoms with Gasteiger partial charge in [-0.05, 0) is 53.9 Å². The minimum absolute atomic E-state index is 0.0360. The molecule has 184 valence electrons. The summed E-state index contributed by atoms with van der Waals surface area (Å²) in [6.45, 7) is 19.1. The summed E-state index contributed by atoms with van der Waals surface area (Å²) in [7, 11) is 0. The molecule has 2 aromatic rings. The lowest BCUT2D eigenvalue weighted by atomic mass is 9.89. The van der Waals surface area contributed by atoms with Crippen LogP contribution in [0.4, 0.5) is 0 Å². The van der Waals surface area contributed by atoms with Crippen molar-refractivity contribution in [1.82, 2.24) is 9.80 Å². The first-order valence-corrected chi connectivity index (χ1v) is 12.3. The molecule has 0 aromatic heterocycles. The van der Waals surface area contributed by atoms with Crippen LogP contribution in [-0.4, -0.2) is 64.4 Å². The summed E-state index contributed by atoms with van der Waals surface area (Å²) >= 11 is 0. The van der Waals surface area contributed by atoms with Crippen LogP contribution in [0.3, 0.4) is 0 Å². The van der Waals surface area contributed by atoms with Gasteiger partial charge in [0, 0.05) is 22.3 Å². The van der Waals surface area contributed by atoms with Crippen LogP contribution in [0.25, 0.3) is 0 Å². The van der Waals surface area contributed by atoms with Crippen molar-refractivity contribution in [2.75, 3.05) is 26.2 Å². The van der Waals surface area contributed by atoms with Gasteiger partial charge in [0.2, 0.25) is 0 Å². The van der Waals surface area contributed by atoms with Gasteiger partial charge in [-0.1, -0.05) is 76.2 Å². The lowest BCUT2D eigenvalue weighted by Gasteiger charge is -2.35. The molecule has 0 heterocycles. The predicted octanol–water partition coefficient (Wildman–Crippen LogP) is 5.52. The predicted molar refractivity (Wildman–Crippen MR) is 139 cm³/mol. The molecule has 0 saturated carbocycles. The lowest BCUT2D eigenvalue weighted by molar-refractivity contribution is 0.0665. The van der Waals surface area contributed by atoms with Crippen molar-refractivity contribution in [3.05, 3.63) is 70.8 Å². The molecule has 0 amide bonds. The highest BCUT2D eigenvalue weighted by Crippen LogP contribution is 2.23. The lowest BCUT2D eigenvalue weighted by Crippen LogP contribution is -2.49.